The molecule has 0 saturated carbocycles. The summed E-state index contributed by atoms with van der Waals surface area (Å²) < 4.78 is 0.607. The molecule has 0 atom stereocenters. The van der Waals surface area contributed by atoms with Crippen LogP contribution in [0.15, 0.2) is 18.2 Å². The molecule has 0 unspecified atom stereocenters. The smallest absolute Gasteiger partial charge is 0.421 e. The van der Waals surface area contributed by atoms with Gasteiger partial charge in [-0.1, -0.05) is 5.69 Å². The quantitative estimate of drug-likeness (QED) is 0.565. The summed E-state index contributed by atoms with van der Waals surface area (Å²) in [7, 11) is 2.20. The predicted molar refractivity (Wildman–Crippen MR) is 87.3 cm³/mol. The topological polar surface area (TPSA) is 6.48 Å². The number of hydrogen-bond donors (Lipinski definition) is 0. The van der Waals surface area contributed by atoms with E-state index < -0.39 is 0 Å². The van der Waals surface area contributed by atoms with Crippen molar-refractivity contribution < 1.29 is 18.9 Å². The van der Waals surface area contributed by atoms with Gasteiger partial charge in [0.15, 0.2) is 0 Å². The number of piperazine rings is 1. The van der Waals surface area contributed by atoms with Crippen LogP contribution in [0, 0.1) is 6.07 Å². The van der Waals surface area contributed by atoms with E-state index in [1.54, 1.807) is 0 Å². The van der Waals surface area contributed by atoms with Crippen molar-refractivity contribution in [1.29, 1.82) is 0 Å². The van der Waals surface area contributed by atoms with Crippen molar-refractivity contribution in [2.24, 2.45) is 0 Å². The fourth-order valence-corrected chi connectivity index (χ4v) is 5.35. The van der Waals surface area contributed by atoms with E-state index >= 15 is 0 Å². The van der Waals surface area contributed by atoms with Gasteiger partial charge in [0.1, 0.15) is 0 Å². The summed E-state index contributed by atoms with van der Waals surface area (Å²) in [6, 6.07) is 10.3. The van der Waals surface area contributed by atoms with Crippen LogP contribution in [-0.4, -0.2) is 49.6 Å². The van der Waals surface area contributed by atoms with Crippen molar-refractivity contribution in [3.63, 3.8) is 0 Å². The molecule has 0 radical (unpaired) electrons. The predicted octanol–water partition coefficient (Wildman–Crippen LogP) is 0.111. The van der Waals surface area contributed by atoms with E-state index in [2.05, 4.69) is 64.6 Å². The number of nitrogens with zero attached hydrogens (tertiary/aromatic N) is 2. The standard InChI is InChI=1S/C15H21N2S2.Li/c1-16-7-9-17(10-8-16)14-5-3-13(4-6-14)15-18-11-2-12-19-15;/h3,5-6,15H,2,7-12H2,1H3;/q-1;+1. The van der Waals surface area contributed by atoms with Crippen LogP contribution in [0.3, 0.4) is 0 Å². The maximum absolute atomic E-state index is 3.52. The zero-order chi connectivity index (χ0) is 13.1. The van der Waals surface area contributed by atoms with E-state index in [-0.39, 0.29) is 18.9 Å². The summed E-state index contributed by atoms with van der Waals surface area (Å²) in [6.45, 7) is 4.60. The van der Waals surface area contributed by atoms with E-state index in [4.69, 9.17) is 0 Å². The summed E-state index contributed by atoms with van der Waals surface area (Å²) >= 11 is 4.14. The van der Waals surface area contributed by atoms with E-state index in [1.165, 1.54) is 29.2 Å². The van der Waals surface area contributed by atoms with Crippen LogP contribution in [0.2, 0.25) is 0 Å². The Bertz CT molecular complexity index is 399. The maximum Gasteiger partial charge on any atom is 1.00 e. The van der Waals surface area contributed by atoms with Gasteiger partial charge in [-0.15, -0.1) is 35.2 Å². The van der Waals surface area contributed by atoms with Gasteiger partial charge in [-0.05, 0) is 25.0 Å². The SMILES string of the molecule is CN1CCN(c2c[c-]c(C3SCCCS3)cc2)CC1.[Li+]. The fraction of sp³-hybridized carbons (Fsp3) is 0.600. The van der Waals surface area contributed by atoms with Gasteiger partial charge >= 0.3 is 18.9 Å². The number of rotatable bonds is 2. The number of likely N-dealkylation sites (N-methyl/N-ethyl adjacent to an activating group) is 1. The average Bonchev–Trinajstić information content (AvgIpc) is 2.49. The van der Waals surface area contributed by atoms with Crippen LogP contribution >= 0.6 is 23.5 Å². The molecule has 2 aliphatic rings. The average molecular weight is 300 g/mol. The molecule has 0 aliphatic carbocycles. The first kappa shape index (κ1) is 16.6. The van der Waals surface area contributed by atoms with Crippen molar-refractivity contribution in [2.75, 3.05) is 49.6 Å². The van der Waals surface area contributed by atoms with Gasteiger partial charge in [-0.25, -0.2) is 0 Å². The Kier molecular flexibility index (Phi) is 6.70. The minimum Gasteiger partial charge on any atom is -0.421 e. The van der Waals surface area contributed by atoms with Gasteiger partial charge in [0.2, 0.25) is 0 Å². The third-order valence-corrected chi connectivity index (χ3v) is 6.75. The zero-order valence-corrected chi connectivity index (χ0v) is 14.1. The second-order valence-corrected chi connectivity index (χ2v) is 7.94. The third-order valence-electron chi connectivity index (χ3n) is 3.77. The Morgan fingerprint density at radius 2 is 1.80 bits per heavy atom. The second kappa shape index (κ2) is 8.05. The molecule has 1 aromatic rings. The van der Waals surface area contributed by atoms with Crippen LogP contribution < -0.4 is 23.8 Å². The van der Waals surface area contributed by atoms with Crippen LogP contribution in [0.1, 0.15) is 16.6 Å². The molecular formula is C15H21LiN2S2. The molecule has 0 aromatic heterocycles. The van der Waals surface area contributed by atoms with Crippen molar-refractivity contribution in [2.45, 2.75) is 11.0 Å². The molecule has 0 amide bonds. The molecule has 0 spiro atoms. The van der Waals surface area contributed by atoms with Crippen molar-refractivity contribution in [1.82, 2.24) is 4.90 Å². The Balaban J connectivity index is 0.00000147. The van der Waals surface area contributed by atoms with Gasteiger partial charge in [0.05, 0.1) is 4.58 Å². The summed E-state index contributed by atoms with van der Waals surface area (Å²) in [5, 5.41) is 0. The molecular weight excluding hydrogens is 279 g/mol. The van der Waals surface area contributed by atoms with Crippen molar-refractivity contribution in [3.8, 4) is 0 Å². The number of thioether (sulfide) groups is 2. The van der Waals surface area contributed by atoms with Gasteiger partial charge in [0, 0.05) is 26.2 Å². The fourth-order valence-electron chi connectivity index (χ4n) is 2.50. The van der Waals surface area contributed by atoms with Gasteiger partial charge in [0.25, 0.3) is 0 Å². The molecule has 2 saturated heterocycles. The minimum atomic E-state index is 0. The van der Waals surface area contributed by atoms with Crippen LogP contribution in [-0.2, 0) is 0 Å². The first-order valence-electron chi connectivity index (χ1n) is 7.01. The first-order valence-corrected chi connectivity index (χ1v) is 9.11. The molecule has 2 fully saturated rings. The Morgan fingerprint density at radius 1 is 1.10 bits per heavy atom. The summed E-state index contributed by atoms with van der Waals surface area (Å²) in [4.78, 5) is 4.87. The monoisotopic (exact) mass is 300 g/mol. The van der Waals surface area contributed by atoms with Crippen LogP contribution in [0.4, 0.5) is 5.69 Å². The second-order valence-electron chi connectivity index (χ2n) is 5.22. The molecule has 0 N–H and O–H groups in total. The third kappa shape index (κ3) is 4.15. The number of hydrogen-bond acceptors (Lipinski definition) is 4. The molecule has 104 valence electrons. The van der Waals surface area contributed by atoms with Gasteiger partial charge in [-0.2, -0.15) is 18.2 Å². The Morgan fingerprint density at radius 3 is 2.40 bits per heavy atom. The number of benzene rings is 1. The van der Waals surface area contributed by atoms with Gasteiger partial charge < -0.3 is 9.80 Å². The van der Waals surface area contributed by atoms with Gasteiger partial charge in [-0.3, -0.25) is 0 Å². The van der Waals surface area contributed by atoms with E-state index in [1.807, 2.05) is 0 Å². The van der Waals surface area contributed by atoms with E-state index in [9.17, 15) is 0 Å². The molecule has 5 heteroatoms. The summed E-state index contributed by atoms with van der Waals surface area (Å²) in [6.07, 6.45) is 1.35. The maximum atomic E-state index is 3.52. The molecule has 2 aliphatic heterocycles. The molecule has 1 aromatic carbocycles. The minimum absolute atomic E-state index is 0. The summed E-state index contributed by atoms with van der Waals surface area (Å²) in [5.74, 6) is 2.59. The normalized spacial score (nSPS) is 21.6. The Hall–Kier alpha value is 0.277. The largest absolute Gasteiger partial charge is 1.00 e. The molecule has 20 heavy (non-hydrogen) atoms. The van der Waals surface area contributed by atoms with Crippen molar-refractivity contribution >= 4 is 29.2 Å². The molecule has 0 bridgehead atoms. The van der Waals surface area contributed by atoms with E-state index in [0.29, 0.717) is 4.58 Å². The van der Waals surface area contributed by atoms with Crippen molar-refractivity contribution in [3.05, 3.63) is 29.8 Å². The number of anilines is 1. The Labute approximate surface area is 143 Å². The van der Waals surface area contributed by atoms with Crippen LogP contribution in [0.25, 0.3) is 0 Å². The van der Waals surface area contributed by atoms with Crippen LogP contribution in [0.5, 0.6) is 0 Å². The molecule has 2 nitrogen and oxygen atoms in total. The summed E-state index contributed by atoms with van der Waals surface area (Å²) in [5.41, 5.74) is 2.70. The zero-order valence-electron chi connectivity index (χ0n) is 12.5. The molecule has 2 heterocycles. The first-order chi connectivity index (χ1) is 9.33. The van der Waals surface area contributed by atoms with E-state index in [0.717, 1.165) is 26.2 Å². The molecule has 3 rings (SSSR count).